The molecule has 0 fully saturated rings. The number of aromatic amines is 2. The van der Waals surface area contributed by atoms with Crippen molar-refractivity contribution in [2.45, 2.75) is 0 Å². The Labute approximate surface area is 412 Å². The lowest BCUT2D eigenvalue weighted by Gasteiger charge is -2.17. The first-order valence-electron chi connectivity index (χ1n) is 20.1. The van der Waals surface area contributed by atoms with Crippen molar-refractivity contribution in [3.8, 4) is 34.5 Å². The minimum Gasteiger partial charge on any atom is -0.362 e. The maximum absolute atomic E-state index is 12.9. The van der Waals surface area contributed by atoms with E-state index in [1.54, 1.807) is 12.1 Å². The topological polar surface area (TPSA) is 413 Å². The molecule has 32 heteroatoms. The molecular weight excluding hydrogens is 1110 g/mol. The first-order chi connectivity index (χ1) is 34.4. The molecule has 0 bridgehead atoms. The minimum atomic E-state index is -5.69. The predicted molar refractivity (Wildman–Crippen MR) is 263 cm³/mol. The minimum absolute atomic E-state index is 0.118. The van der Waals surface area contributed by atoms with E-state index in [4.69, 9.17) is 20.9 Å². The molecule has 11 aromatic rings. The third-order valence-electron chi connectivity index (χ3n) is 11.7. The molecule has 0 amide bonds. The first-order valence-corrected chi connectivity index (χ1v) is 28.3. The van der Waals surface area contributed by atoms with Crippen molar-refractivity contribution in [3.63, 3.8) is 0 Å². The highest BCUT2D eigenvalue weighted by atomic mass is 32.3. The number of nitrogens with one attached hydrogen (secondary N) is 2. The number of benzene rings is 9. The van der Waals surface area contributed by atoms with Gasteiger partial charge in [0.25, 0.3) is 0 Å². The number of H-pyrrole nitrogens is 2. The Morgan fingerprint density at radius 1 is 0.297 bits per heavy atom. The van der Waals surface area contributed by atoms with Crippen LogP contribution in [0.2, 0.25) is 0 Å². The zero-order valence-corrected chi connectivity index (χ0v) is 40.6. The normalized spacial score (nSPS) is 13.4. The van der Waals surface area contributed by atoms with Crippen molar-refractivity contribution in [3.05, 3.63) is 97.1 Å². The third-order valence-corrected chi connectivity index (χ3v) is 14.0. The van der Waals surface area contributed by atoms with Crippen molar-refractivity contribution in [2.24, 2.45) is 0 Å². The molecule has 74 heavy (non-hydrogen) atoms. The zero-order chi connectivity index (χ0) is 53.0. The lowest BCUT2D eigenvalue weighted by Crippen LogP contribution is -2.11. The van der Waals surface area contributed by atoms with E-state index in [2.05, 4.69) is 14.2 Å². The van der Waals surface area contributed by atoms with Gasteiger partial charge in [-0.05, 0) is 46.5 Å². The summed E-state index contributed by atoms with van der Waals surface area (Å²) in [5, 5.41) is -3.18. The molecule has 0 atom stereocenters. The van der Waals surface area contributed by atoms with Gasteiger partial charge in [0.15, 0.2) is 28.7 Å². The van der Waals surface area contributed by atoms with Gasteiger partial charge in [-0.15, -0.1) is 0 Å². The maximum atomic E-state index is 12.9. The van der Waals surface area contributed by atoms with Crippen molar-refractivity contribution >= 4 is 171 Å². The molecule has 0 spiro atoms. The highest BCUT2D eigenvalue weighted by Crippen LogP contribution is 2.56. The molecule has 0 aliphatic rings. The van der Waals surface area contributed by atoms with Crippen LogP contribution in [0, 0.1) is 0 Å². The summed E-state index contributed by atoms with van der Waals surface area (Å²) in [6.07, 6.45) is 0. The van der Waals surface area contributed by atoms with Gasteiger partial charge in [-0.2, -0.15) is 50.5 Å². The summed E-state index contributed by atoms with van der Waals surface area (Å²) in [5.74, 6) is -4.53. The Kier molecular flexibility index (Phi) is 10.5. The first kappa shape index (κ1) is 48.7. The third kappa shape index (κ3) is 8.51. The van der Waals surface area contributed by atoms with Crippen LogP contribution in [0.4, 0.5) is 0 Å². The Balaban J connectivity index is 1.48. The Morgan fingerprint density at radius 2 is 0.730 bits per heavy atom. The van der Waals surface area contributed by atoms with Gasteiger partial charge in [0.1, 0.15) is 5.75 Å². The SMILES string of the molecule is O=S(=O)(O)Oc1ccc2cc3c(ccc4c3[nH]c3c5c(OS(=O)(=O)O)c6ccccc6c(OS(=O)(=O)O)c5c5[nH]c6c7c(OS(=O)(=O)O)c8ccccc8c(OS(=O)(=O)O)c7cc(OS(=O)(=O)O)c6c5c43)cc2c1. The molecule has 0 aliphatic carbocycles. The second-order valence-electron chi connectivity index (χ2n) is 16.1. The summed E-state index contributed by atoms with van der Waals surface area (Å²) >= 11 is 0. The van der Waals surface area contributed by atoms with Gasteiger partial charge in [0.2, 0.25) is 0 Å². The molecule has 0 saturated carbocycles. The Bertz CT molecular complexity index is 5140. The fourth-order valence-corrected chi connectivity index (χ4v) is 11.7. The standard InChI is InChI=1S/C42H24N2O24S6/c45-69(46,47)63-20-11-9-17-15-26-18(13-19(17)14-20)10-12-25-29-32-31-28(64-70(48,49)50)16-27-30(40(66-72(54,55)56)22-6-2-1-5-21(22)39(27)65-71(51,52)53)37(31)44-38(32)34-33(36(29)43-35(25)26)41(67-73(57,58)59)23-7-3-4-8-24(23)42(34)68-74(60,61)62/h1-16,43-44H,(H,45,46,47)(H,48,49,50)(H,51,52,53)(H,54,55,56)(H,57,58,59)(H,60,61,62). The predicted octanol–water partition coefficient (Wildman–Crippen LogP) is 6.96. The smallest absolute Gasteiger partial charge is 0.362 e. The molecule has 0 radical (unpaired) electrons. The van der Waals surface area contributed by atoms with Crippen LogP contribution in [0.25, 0.3) is 108 Å². The fourth-order valence-electron chi connectivity index (χ4n) is 9.49. The van der Waals surface area contributed by atoms with E-state index in [1.807, 2.05) is 0 Å². The number of fused-ring (bicyclic) bond motifs is 17. The van der Waals surface area contributed by atoms with Crippen molar-refractivity contribution < 1.29 is 103 Å². The highest BCUT2D eigenvalue weighted by molar-refractivity contribution is 7.82. The second-order valence-corrected chi connectivity index (χ2v) is 22.2. The molecule has 11 rings (SSSR count). The number of aromatic nitrogens is 2. The highest BCUT2D eigenvalue weighted by Gasteiger charge is 2.34. The molecule has 2 aromatic heterocycles. The van der Waals surface area contributed by atoms with Crippen LogP contribution >= 0.6 is 0 Å². The van der Waals surface area contributed by atoms with E-state index in [9.17, 15) is 77.8 Å². The van der Waals surface area contributed by atoms with Crippen LogP contribution in [0.3, 0.4) is 0 Å². The van der Waals surface area contributed by atoms with Crippen LogP contribution in [0.15, 0.2) is 97.1 Å². The monoisotopic (exact) mass is 1130 g/mol. The van der Waals surface area contributed by atoms with E-state index >= 15 is 0 Å². The van der Waals surface area contributed by atoms with Crippen molar-refractivity contribution in [1.29, 1.82) is 0 Å². The maximum Gasteiger partial charge on any atom is 0.446 e. The number of rotatable bonds is 12. The Morgan fingerprint density at radius 3 is 1.24 bits per heavy atom. The molecule has 0 saturated heterocycles. The van der Waals surface area contributed by atoms with Crippen LogP contribution < -0.4 is 25.1 Å². The van der Waals surface area contributed by atoms with Crippen molar-refractivity contribution in [1.82, 2.24) is 9.97 Å². The second kappa shape index (κ2) is 16.0. The van der Waals surface area contributed by atoms with Gasteiger partial charge in [0, 0.05) is 48.5 Å². The van der Waals surface area contributed by atoms with Gasteiger partial charge in [-0.25, -0.2) is 0 Å². The van der Waals surface area contributed by atoms with Gasteiger partial charge in [-0.3, -0.25) is 27.3 Å². The van der Waals surface area contributed by atoms with E-state index in [1.165, 1.54) is 66.7 Å². The van der Waals surface area contributed by atoms with Gasteiger partial charge >= 0.3 is 62.4 Å². The average molecular weight is 1130 g/mol. The van der Waals surface area contributed by atoms with Crippen molar-refractivity contribution in [2.75, 3.05) is 0 Å². The molecule has 8 N–H and O–H groups in total. The summed E-state index contributed by atoms with van der Waals surface area (Å²) in [7, 11) is -33.0. The Hall–Kier alpha value is -7.60. The van der Waals surface area contributed by atoms with Crippen LogP contribution in [0.1, 0.15) is 0 Å². The number of hydrogen-bond acceptors (Lipinski definition) is 18. The zero-order valence-electron chi connectivity index (χ0n) is 35.7. The average Bonchev–Trinajstić information content (AvgIpc) is 3.85. The van der Waals surface area contributed by atoms with E-state index in [0.29, 0.717) is 27.6 Å². The van der Waals surface area contributed by atoms with Gasteiger partial charge < -0.3 is 35.1 Å². The summed E-state index contributed by atoms with van der Waals surface area (Å²) in [6, 6.07) is 20.7. The molecule has 2 heterocycles. The van der Waals surface area contributed by atoms with Crippen LogP contribution in [0.5, 0.6) is 34.5 Å². The van der Waals surface area contributed by atoms with Gasteiger partial charge in [0.05, 0.1) is 43.6 Å². The largest absolute Gasteiger partial charge is 0.446 e. The van der Waals surface area contributed by atoms with Gasteiger partial charge in [-0.1, -0.05) is 66.7 Å². The molecular formula is C42H24N2O24S6. The molecule has 382 valence electrons. The molecule has 0 aliphatic heterocycles. The molecule has 0 unspecified atom stereocenters. The summed E-state index contributed by atoms with van der Waals surface area (Å²) in [6.45, 7) is 0. The van der Waals surface area contributed by atoms with E-state index in [-0.39, 0.29) is 54.5 Å². The van der Waals surface area contributed by atoms with E-state index in [0.717, 1.165) is 12.1 Å². The fraction of sp³-hybridized carbons (Fsp3) is 0. The molecule has 26 nitrogen and oxygen atoms in total. The summed E-state index contributed by atoms with van der Waals surface area (Å²) in [4.78, 5) is 6.06. The number of hydrogen-bond donors (Lipinski definition) is 8. The van der Waals surface area contributed by atoms with Crippen LogP contribution in [-0.4, -0.2) is 87.8 Å². The quantitative estimate of drug-likeness (QED) is 0.0452. The lowest BCUT2D eigenvalue weighted by atomic mass is 9.93. The summed E-state index contributed by atoms with van der Waals surface area (Å²) in [5.41, 5.74) is -1.21. The summed E-state index contributed by atoms with van der Waals surface area (Å²) < 4.78 is 242. The van der Waals surface area contributed by atoms with Crippen LogP contribution in [-0.2, 0) is 62.4 Å². The lowest BCUT2D eigenvalue weighted by molar-refractivity contribution is 0.384. The molecule has 9 aromatic carbocycles. The van der Waals surface area contributed by atoms with E-state index < -0.39 is 129 Å².